The number of hydrogen-bond acceptors (Lipinski definition) is 5. The van der Waals surface area contributed by atoms with E-state index in [0.29, 0.717) is 12.2 Å². The molecule has 0 bridgehead atoms. The highest BCUT2D eigenvalue weighted by atomic mass is 32.2. The molecule has 21 heavy (non-hydrogen) atoms. The van der Waals surface area contributed by atoms with Gasteiger partial charge < -0.3 is 5.32 Å². The van der Waals surface area contributed by atoms with Gasteiger partial charge in [-0.3, -0.25) is 14.4 Å². The molecule has 0 aromatic carbocycles. The van der Waals surface area contributed by atoms with Crippen LogP contribution in [0.4, 0.5) is 5.69 Å². The Hall–Kier alpha value is -1.93. The van der Waals surface area contributed by atoms with Gasteiger partial charge in [-0.15, -0.1) is 0 Å². The van der Waals surface area contributed by atoms with Gasteiger partial charge in [0.25, 0.3) is 10.0 Å². The number of rotatable bonds is 7. The van der Waals surface area contributed by atoms with E-state index >= 15 is 0 Å². The van der Waals surface area contributed by atoms with Gasteiger partial charge in [-0.05, 0) is 38.6 Å². The Labute approximate surface area is 124 Å². The lowest BCUT2D eigenvalue weighted by molar-refractivity contribution is 0.561. The molecule has 2 heterocycles. The van der Waals surface area contributed by atoms with Crippen molar-refractivity contribution in [1.82, 2.24) is 20.1 Å². The summed E-state index contributed by atoms with van der Waals surface area (Å²) in [4.78, 5) is 4.09. The van der Waals surface area contributed by atoms with E-state index in [1.165, 1.54) is 12.4 Å². The molecule has 0 saturated heterocycles. The van der Waals surface area contributed by atoms with Crippen LogP contribution in [-0.2, 0) is 16.6 Å². The molecule has 2 aromatic heterocycles. The molecular formula is C13H19N5O2S. The first-order valence-electron chi connectivity index (χ1n) is 6.63. The van der Waals surface area contributed by atoms with Crippen LogP contribution in [0.3, 0.4) is 0 Å². The number of nitrogens with one attached hydrogen (secondary N) is 2. The van der Waals surface area contributed by atoms with Crippen molar-refractivity contribution < 1.29 is 8.42 Å². The first-order valence-corrected chi connectivity index (χ1v) is 8.12. The Bertz CT molecular complexity index is 696. The zero-order valence-electron chi connectivity index (χ0n) is 12.1. The van der Waals surface area contributed by atoms with E-state index in [1.54, 1.807) is 30.1 Å². The SMILES string of the molecule is CNCCCn1cc(S(=O)(=O)Nc2ccncc2C)cn1. The highest BCUT2D eigenvalue weighted by Crippen LogP contribution is 2.18. The number of nitrogens with zero attached hydrogens (tertiary/aromatic N) is 3. The second-order valence-corrected chi connectivity index (χ2v) is 6.37. The van der Waals surface area contributed by atoms with Crippen molar-refractivity contribution in [3.63, 3.8) is 0 Å². The minimum atomic E-state index is -3.62. The number of pyridine rings is 1. The van der Waals surface area contributed by atoms with Crippen molar-refractivity contribution in [3.8, 4) is 0 Å². The van der Waals surface area contributed by atoms with Crippen molar-refractivity contribution >= 4 is 15.7 Å². The second-order valence-electron chi connectivity index (χ2n) is 4.69. The molecule has 0 aliphatic rings. The maximum atomic E-state index is 12.3. The van der Waals surface area contributed by atoms with Gasteiger partial charge in [-0.25, -0.2) is 8.42 Å². The summed E-state index contributed by atoms with van der Waals surface area (Å²) < 4.78 is 28.8. The van der Waals surface area contributed by atoms with E-state index in [9.17, 15) is 8.42 Å². The summed E-state index contributed by atoms with van der Waals surface area (Å²) in [5.74, 6) is 0. The number of aromatic nitrogens is 3. The van der Waals surface area contributed by atoms with E-state index in [1.807, 2.05) is 7.05 Å². The predicted molar refractivity (Wildman–Crippen MR) is 80.6 cm³/mol. The predicted octanol–water partition coefficient (Wildman–Crippen LogP) is 0.997. The number of sulfonamides is 1. The Kier molecular flexibility index (Phi) is 4.92. The molecule has 0 saturated carbocycles. The standard InChI is InChI=1S/C13H19N5O2S/c1-11-8-15-6-4-13(11)17-21(19,20)12-9-16-18(10-12)7-3-5-14-2/h4,6,8-10,14H,3,5,7H2,1-2H3,(H,15,17). The Morgan fingerprint density at radius 2 is 2.14 bits per heavy atom. The zero-order chi connectivity index (χ0) is 15.3. The Morgan fingerprint density at radius 3 is 2.86 bits per heavy atom. The largest absolute Gasteiger partial charge is 0.320 e. The van der Waals surface area contributed by atoms with Gasteiger partial charge in [0.1, 0.15) is 4.90 Å². The van der Waals surface area contributed by atoms with E-state index in [-0.39, 0.29) is 4.90 Å². The van der Waals surface area contributed by atoms with E-state index in [0.717, 1.165) is 18.5 Å². The van der Waals surface area contributed by atoms with Gasteiger partial charge in [0.05, 0.1) is 11.9 Å². The minimum absolute atomic E-state index is 0.156. The normalized spacial score (nSPS) is 11.5. The van der Waals surface area contributed by atoms with Crippen molar-refractivity contribution in [2.75, 3.05) is 18.3 Å². The average molecular weight is 309 g/mol. The third-order valence-electron chi connectivity index (χ3n) is 3.00. The second kappa shape index (κ2) is 6.68. The molecule has 7 nitrogen and oxygen atoms in total. The van der Waals surface area contributed by atoms with Gasteiger partial charge in [0.15, 0.2) is 0 Å². The number of aryl methyl sites for hydroxylation is 2. The lowest BCUT2D eigenvalue weighted by atomic mass is 10.3. The lowest BCUT2D eigenvalue weighted by Gasteiger charge is -2.08. The molecule has 0 fully saturated rings. The first kappa shape index (κ1) is 15.5. The Morgan fingerprint density at radius 1 is 1.33 bits per heavy atom. The van der Waals surface area contributed by atoms with Crippen molar-refractivity contribution in [2.24, 2.45) is 0 Å². The van der Waals surface area contributed by atoms with Crippen LogP contribution in [-0.4, -0.2) is 36.8 Å². The highest BCUT2D eigenvalue weighted by molar-refractivity contribution is 7.92. The van der Waals surface area contributed by atoms with Gasteiger partial charge in [-0.2, -0.15) is 5.10 Å². The molecule has 2 rings (SSSR count). The fourth-order valence-corrected chi connectivity index (χ4v) is 2.90. The molecule has 2 aromatic rings. The van der Waals surface area contributed by atoms with Crippen LogP contribution in [0.15, 0.2) is 35.7 Å². The molecular weight excluding hydrogens is 290 g/mol. The van der Waals surface area contributed by atoms with Crippen LogP contribution in [0.2, 0.25) is 0 Å². The summed E-state index contributed by atoms with van der Waals surface area (Å²) in [6.45, 7) is 3.33. The maximum absolute atomic E-state index is 12.3. The summed E-state index contributed by atoms with van der Waals surface area (Å²) in [6, 6.07) is 1.63. The van der Waals surface area contributed by atoms with Crippen molar-refractivity contribution in [2.45, 2.75) is 24.8 Å². The highest BCUT2D eigenvalue weighted by Gasteiger charge is 2.17. The third-order valence-corrected chi connectivity index (χ3v) is 4.32. The Balaban J connectivity index is 2.11. The molecule has 0 aliphatic heterocycles. The quantitative estimate of drug-likeness (QED) is 0.745. The summed E-state index contributed by atoms with van der Waals surface area (Å²) in [6.07, 6.45) is 6.94. The fourth-order valence-electron chi connectivity index (χ4n) is 1.82. The summed E-state index contributed by atoms with van der Waals surface area (Å²) >= 11 is 0. The molecule has 0 radical (unpaired) electrons. The van der Waals surface area contributed by atoms with Crippen molar-refractivity contribution in [3.05, 3.63) is 36.4 Å². The van der Waals surface area contributed by atoms with E-state index < -0.39 is 10.0 Å². The average Bonchev–Trinajstić information content (AvgIpc) is 2.91. The molecule has 0 aliphatic carbocycles. The zero-order valence-corrected chi connectivity index (χ0v) is 12.9. The summed E-state index contributed by atoms with van der Waals surface area (Å²) in [5.41, 5.74) is 1.29. The molecule has 2 N–H and O–H groups in total. The minimum Gasteiger partial charge on any atom is -0.320 e. The van der Waals surface area contributed by atoms with Gasteiger partial charge >= 0.3 is 0 Å². The molecule has 0 atom stereocenters. The number of anilines is 1. The molecule has 0 spiro atoms. The van der Waals surface area contributed by atoms with Gasteiger partial charge in [0, 0.05) is 25.1 Å². The van der Waals surface area contributed by atoms with Crippen LogP contribution in [0, 0.1) is 6.92 Å². The first-order chi connectivity index (χ1) is 10.0. The molecule has 0 unspecified atom stereocenters. The lowest BCUT2D eigenvalue weighted by Crippen LogP contribution is -2.13. The van der Waals surface area contributed by atoms with Crippen LogP contribution in [0.25, 0.3) is 0 Å². The fraction of sp³-hybridized carbons (Fsp3) is 0.385. The molecule has 114 valence electrons. The topological polar surface area (TPSA) is 88.9 Å². The summed E-state index contributed by atoms with van der Waals surface area (Å²) in [5, 5.41) is 7.11. The van der Waals surface area contributed by atoms with E-state index in [2.05, 4.69) is 20.1 Å². The molecule has 8 heteroatoms. The maximum Gasteiger partial charge on any atom is 0.265 e. The van der Waals surface area contributed by atoms with Crippen LogP contribution in [0.1, 0.15) is 12.0 Å². The molecule has 0 amide bonds. The van der Waals surface area contributed by atoms with Crippen LogP contribution >= 0.6 is 0 Å². The van der Waals surface area contributed by atoms with E-state index in [4.69, 9.17) is 0 Å². The number of hydrogen-bond donors (Lipinski definition) is 2. The summed E-state index contributed by atoms with van der Waals surface area (Å²) in [7, 11) is -1.75. The third kappa shape index (κ3) is 4.02. The van der Waals surface area contributed by atoms with Crippen LogP contribution in [0.5, 0.6) is 0 Å². The van der Waals surface area contributed by atoms with Gasteiger partial charge in [-0.1, -0.05) is 0 Å². The van der Waals surface area contributed by atoms with Crippen molar-refractivity contribution in [1.29, 1.82) is 0 Å². The van der Waals surface area contributed by atoms with Gasteiger partial charge in [0.2, 0.25) is 0 Å². The van der Waals surface area contributed by atoms with Crippen LogP contribution < -0.4 is 10.0 Å². The monoisotopic (exact) mass is 309 g/mol. The smallest absolute Gasteiger partial charge is 0.265 e.